The van der Waals surface area contributed by atoms with Gasteiger partial charge in [0, 0.05) is 1.43 Å². The van der Waals surface area contributed by atoms with Crippen LogP contribution in [0.2, 0.25) is 0 Å². The van der Waals surface area contributed by atoms with Gasteiger partial charge in [0.25, 0.3) is 0 Å². The summed E-state index contributed by atoms with van der Waals surface area (Å²) in [7, 11) is 0. The van der Waals surface area contributed by atoms with Crippen molar-refractivity contribution in [1.29, 1.82) is 0 Å². The number of nitrogens with one attached hydrogen (secondary N) is 1. The maximum absolute atomic E-state index is 3.48. The van der Waals surface area contributed by atoms with E-state index in [2.05, 4.69) is 42.6 Å². The van der Waals surface area contributed by atoms with E-state index in [9.17, 15) is 0 Å². The molecule has 1 N–H and O–H groups in total. The second-order valence-electron chi connectivity index (χ2n) is 7.23. The summed E-state index contributed by atoms with van der Waals surface area (Å²) in [4.78, 5) is 0. The van der Waals surface area contributed by atoms with Crippen molar-refractivity contribution >= 4 is 0 Å². The van der Waals surface area contributed by atoms with Crippen molar-refractivity contribution in [2.45, 2.75) is 96.8 Å². The molecule has 0 radical (unpaired) electrons. The highest BCUT2D eigenvalue weighted by atomic mass is 14.8. The Labute approximate surface area is 153 Å². The zero-order valence-electron chi connectivity index (χ0n) is 16.2. The van der Waals surface area contributed by atoms with E-state index in [4.69, 9.17) is 0 Å². The quantitative estimate of drug-likeness (QED) is 0.298. The van der Waals surface area contributed by atoms with Crippen LogP contribution in [0.15, 0.2) is 30.3 Å². The molecule has 140 valence electrons. The first kappa shape index (κ1) is 21.2. The molecule has 1 aromatic carbocycles. The van der Waals surface area contributed by atoms with Gasteiger partial charge in [-0.2, -0.15) is 0 Å². The third kappa shape index (κ3) is 13.6. The summed E-state index contributed by atoms with van der Waals surface area (Å²) in [5.74, 6) is 0. The molecule has 0 heterocycles. The average Bonchev–Trinajstić information content (AvgIpc) is 2.62. The van der Waals surface area contributed by atoms with E-state index < -0.39 is 0 Å². The van der Waals surface area contributed by atoms with Gasteiger partial charge in [-0.25, -0.2) is 0 Å². The maximum Gasteiger partial charge on any atom is 0 e. The summed E-state index contributed by atoms with van der Waals surface area (Å²) in [5, 5.41) is 3.48. The summed E-state index contributed by atoms with van der Waals surface area (Å²) in [6.07, 6.45) is 19.6. The third-order valence-electron chi connectivity index (χ3n) is 4.84. The fraction of sp³-hybridized carbons (Fsp3) is 0.739. The van der Waals surface area contributed by atoms with Crippen molar-refractivity contribution < 1.29 is 1.43 Å². The zero-order chi connectivity index (χ0) is 17.1. The highest BCUT2D eigenvalue weighted by molar-refractivity contribution is 5.14. The van der Waals surface area contributed by atoms with Gasteiger partial charge in [-0.1, -0.05) is 101 Å². The fourth-order valence-corrected chi connectivity index (χ4v) is 3.29. The molecule has 1 aromatic rings. The Bertz CT molecular complexity index is 352. The Hall–Kier alpha value is -0.820. The van der Waals surface area contributed by atoms with Crippen molar-refractivity contribution in [2.24, 2.45) is 0 Å². The molecule has 0 aliphatic carbocycles. The van der Waals surface area contributed by atoms with E-state index in [0.717, 1.165) is 0 Å². The average molecular weight is 334 g/mol. The monoisotopic (exact) mass is 333 g/mol. The lowest BCUT2D eigenvalue weighted by atomic mass is 10.0. The van der Waals surface area contributed by atoms with Gasteiger partial charge in [0.15, 0.2) is 0 Å². The SMILES string of the molecule is CCCNCCCCCCCCCCCCCCc1ccccc1.[HH]. The number of hydrogen-bond donors (Lipinski definition) is 1. The molecular formula is C23H43N. The van der Waals surface area contributed by atoms with E-state index in [0.29, 0.717) is 0 Å². The Morgan fingerprint density at radius 2 is 1.12 bits per heavy atom. The summed E-state index contributed by atoms with van der Waals surface area (Å²) in [6, 6.07) is 10.9. The van der Waals surface area contributed by atoms with E-state index in [-0.39, 0.29) is 1.43 Å². The topological polar surface area (TPSA) is 12.0 Å². The van der Waals surface area contributed by atoms with Crippen molar-refractivity contribution in [2.75, 3.05) is 13.1 Å². The summed E-state index contributed by atoms with van der Waals surface area (Å²) in [6.45, 7) is 4.64. The van der Waals surface area contributed by atoms with E-state index in [1.165, 1.54) is 109 Å². The van der Waals surface area contributed by atoms with Crippen LogP contribution < -0.4 is 5.32 Å². The van der Waals surface area contributed by atoms with Crippen molar-refractivity contribution in [3.05, 3.63) is 35.9 Å². The molecule has 0 aliphatic heterocycles. The Morgan fingerprint density at radius 1 is 0.625 bits per heavy atom. The molecule has 1 rings (SSSR count). The smallest absolute Gasteiger partial charge is 0 e. The number of rotatable bonds is 17. The van der Waals surface area contributed by atoms with E-state index in [1.807, 2.05) is 0 Å². The van der Waals surface area contributed by atoms with Crippen molar-refractivity contribution in [3.63, 3.8) is 0 Å². The van der Waals surface area contributed by atoms with Gasteiger partial charge in [-0.05, 0) is 44.3 Å². The number of aryl methyl sites for hydroxylation is 1. The fourth-order valence-electron chi connectivity index (χ4n) is 3.29. The molecule has 0 aromatic heterocycles. The highest BCUT2D eigenvalue weighted by Crippen LogP contribution is 2.13. The molecule has 0 amide bonds. The minimum atomic E-state index is 0. The largest absolute Gasteiger partial charge is 0.317 e. The van der Waals surface area contributed by atoms with Crippen LogP contribution in [0.4, 0.5) is 0 Å². The Balaban J connectivity index is 0.00000576. The molecular weight excluding hydrogens is 290 g/mol. The lowest BCUT2D eigenvalue weighted by Gasteiger charge is -2.04. The molecule has 24 heavy (non-hydrogen) atoms. The standard InChI is InChI=1S/C23H41N.H2/c1-2-21-24-22-17-12-10-8-6-4-3-5-7-9-11-14-18-23-19-15-13-16-20-23;/h13,15-16,19-20,24H,2-12,14,17-18,21-22H2,1H3;1H. The molecule has 0 saturated carbocycles. The molecule has 0 bridgehead atoms. The summed E-state index contributed by atoms with van der Waals surface area (Å²) >= 11 is 0. The van der Waals surface area contributed by atoms with E-state index in [1.54, 1.807) is 0 Å². The maximum atomic E-state index is 3.48. The molecule has 1 heteroatoms. The van der Waals surface area contributed by atoms with Gasteiger partial charge in [-0.15, -0.1) is 0 Å². The van der Waals surface area contributed by atoms with E-state index >= 15 is 0 Å². The number of hydrogen-bond acceptors (Lipinski definition) is 1. The Morgan fingerprint density at radius 3 is 1.67 bits per heavy atom. The van der Waals surface area contributed by atoms with Crippen LogP contribution in [0, 0.1) is 0 Å². The highest BCUT2D eigenvalue weighted by Gasteiger charge is 1.95. The molecule has 0 spiro atoms. The molecule has 0 saturated heterocycles. The predicted octanol–water partition coefficient (Wildman–Crippen LogP) is 7.16. The van der Waals surface area contributed by atoms with Crippen molar-refractivity contribution in [1.82, 2.24) is 5.32 Å². The van der Waals surface area contributed by atoms with Crippen LogP contribution in [-0.2, 0) is 6.42 Å². The van der Waals surface area contributed by atoms with Crippen LogP contribution in [0.3, 0.4) is 0 Å². The third-order valence-corrected chi connectivity index (χ3v) is 4.84. The van der Waals surface area contributed by atoms with Crippen LogP contribution in [0.25, 0.3) is 0 Å². The lowest BCUT2D eigenvalue weighted by molar-refractivity contribution is 0.533. The Kier molecular flexibility index (Phi) is 15.0. The summed E-state index contributed by atoms with van der Waals surface area (Å²) < 4.78 is 0. The first-order chi connectivity index (χ1) is 11.9. The van der Waals surface area contributed by atoms with Crippen LogP contribution in [-0.4, -0.2) is 13.1 Å². The van der Waals surface area contributed by atoms with Gasteiger partial charge >= 0.3 is 0 Å². The normalized spacial score (nSPS) is 11.0. The van der Waals surface area contributed by atoms with Crippen molar-refractivity contribution in [3.8, 4) is 0 Å². The first-order valence-electron chi connectivity index (χ1n) is 10.7. The zero-order valence-corrected chi connectivity index (χ0v) is 16.2. The second-order valence-corrected chi connectivity index (χ2v) is 7.23. The molecule has 0 atom stereocenters. The lowest BCUT2D eigenvalue weighted by Crippen LogP contribution is -2.15. The first-order valence-corrected chi connectivity index (χ1v) is 10.7. The second kappa shape index (κ2) is 17.0. The van der Waals surface area contributed by atoms with Crippen LogP contribution in [0.1, 0.15) is 97.4 Å². The minimum absolute atomic E-state index is 0. The van der Waals surface area contributed by atoms with Gasteiger partial charge in [0.2, 0.25) is 0 Å². The van der Waals surface area contributed by atoms with Crippen LogP contribution in [0.5, 0.6) is 0 Å². The molecule has 0 unspecified atom stereocenters. The molecule has 0 aliphatic rings. The van der Waals surface area contributed by atoms with Crippen LogP contribution >= 0.6 is 0 Å². The molecule has 1 nitrogen and oxygen atoms in total. The minimum Gasteiger partial charge on any atom is -0.317 e. The molecule has 0 fully saturated rings. The van der Waals surface area contributed by atoms with Gasteiger partial charge in [-0.3, -0.25) is 0 Å². The van der Waals surface area contributed by atoms with Gasteiger partial charge < -0.3 is 5.32 Å². The number of benzene rings is 1. The summed E-state index contributed by atoms with van der Waals surface area (Å²) in [5.41, 5.74) is 1.50. The number of unbranched alkanes of at least 4 members (excludes halogenated alkanes) is 11. The van der Waals surface area contributed by atoms with Gasteiger partial charge in [0.05, 0.1) is 0 Å². The predicted molar refractivity (Wildman–Crippen MR) is 111 cm³/mol. The van der Waals surface area contributed by atoms with Gasteiger partial charge in [0.1, 0.15) is 0 Å².